The second-order valence-electron chi connectivity index (χ2n) is 7.43. The number of rotatable bonds is 3. The van der Waals surface area contributed by atoms with Crippen molar-refractivity contribution in [2.24, 2.45) is 5.41 Å². The van der Waals surface area contributed by atoms with E-state index in [4.69, 9.17) is 4.74 Å². The molecule has 2 aromatic rings. The summed E-state index contributed by atoms with van der Waals surface area (Å²) in [6, 6.07) is 5.40. The highest BCUT2D eigenvalue weighted by Crippen LogP contribution is 2.57. The lowest BCUT2D eigenvalue weighted by molar-refractivity contribution is -0.160. The third kappa shape index (κ3) is 2.80. The molecule has 1 aromatic heterocycles. The van der Waals surface area contributed by atoms with Gasteiger partial charge in [0.2, 0.25) is 5.92 Å². The highest BCUT2D eigenvalue weighted by Gasteiger charge is 2.59. The maximum absolute atomic E-state index is 13.2. The van der Waals surface area contributed by atoms with Crippen molar-refractivity contribution < 1.29 is 13.5 Å². The van der Waals surface area contributed by atoms with Gasteiger partial charge >= 0.3 is 5.69 Å². The van der Waals surface area contributed by atoms with Crippen LogP contribution in [0, 0.1) is 5.41 Å². The maximum atomic E-state index is 13.2. The van der Waals surface area contributed by atoms with Crippen molar-refractivity contribution in [2.75, 3.05) is 6.61 Å². The molecule has 1 spiro atoms. The minimum Gasteiger partial charge on any atom is -0.376 e. The Morgan fingerprint density at radius 3 is 2.76 bits per heavy atom. The summed E-state index contributed by atoms with van der Waals surface area (Å²) in [5.41, 5.74) is 0.168. The van der Waals surface area contributed by atoms with E-state index in [1.165, 1.54) is 0 Å². The first-order chi connectivity index (χ1) is 11.8. The molecule has 2 heterocycles. The summed E-state index contributed by atoms with van der Waals surface area (Å²) in [5, 5.41) is 0.460. The van der Waals surface area contributed by atoms with Crippen LogP contribution in [0.4, 0.5) is 8.78 Å². The smallest absolute Gasteiger partial charge is 0.328 e. The van der Waals surface area contributed by atoms with Crippen LogP contribution in [-0.4, -0.2) is 28.2 Å². The highest BCUT2D eigenvalue weighted by atomic mass is 19.3. The largest absolute Gasteiger partial charge is 0.376 e. The summed E-state index contributed by atoms with van der Waals surface area (Å²) in [6.45, 7) is 2.35. The Bertz CT molecular complexity index is 939. The van der Waals surface area contributed by atoms with Gasteiger partial charge in [0.15, 0.2) is 0 Å². The van der Waals surface area contributed by atoms with Crippen LogP contribution in [0.15, 0.2) is 27.8 Å². The van der Waals surface area contributed by atoms with Crippen LogP contribution < -0.4 is 11.2 Å². The van der Waals surface area contributed by atoms with Gasteiger partial charge in [-0.2, -0.15) is 0 Å². The summed E-state index contributed by atoms with van der Waals surface area (Å²) in [6.07, 6.45) is 0.527. The molecule has 2 fully saturated rings. The van der Waals surface area contributed by atoms with Crippen LogP contribution in [0.5, 0.6) is 0 Å². The van der Waals surface area contributed by atoms with E-state index in [0.717, 1.165) is 16.6 Å². The zero-order chi connectivity index (χ0) is 17.8. The molecule has 1 saturated heterocycles. The normalized spacial score (nSPS) is 23.9. The first-order valence-electron chi connectivity index (χ1n) is 8.56. The number of hydrogen-bond acceptors (Lipinski definition) is 3. The fourth-order valence-electron chi connectivity index (χ4n) is 4.19. The number of benzene rings is 1. The summed E-state index contributed by atoms with van der Waals surface area (Å²) in [4.78, 5) is 27.7. The van der Waals surface area contributed by atoms with Crippen LogP contribution in [0.2, 0.25) is 0 Å². The molecular formula is C18H20F2N2O3. The second-order valence-corrected chi connectivity index (χ2v) is 7.43. The molecule has 5 nitrogen and oxygen atoms in total. The van der Waals surface area contributed by atoms with E-state index in [0.29, 0.717) is 17.3 Å². The van der Waals surface area contributed by atoms with Crippen LogP contribution in [0.25, 0.3) is 10.9 Å². The average Bonchev–Trinajstić information content (AvgIpc) is 2.93. The van der Waals surface area contributed by atoms with Crippen molar-refractivity contribution in [3.8, 4) is 0 Å². The number of aryl methyl sites for hydroxylation is 1. The molecule has 25 heavy (non-hydrogen) atoms. The lowest BCUT2D eigenvalue weighted by atomic mass is 9.65. The molecule has 1 atom stereocenters. The summed E-state index contributed by atoms with van der Waals surface area (Å²) in [5.74, 6) is -2.61. The molecule has 0 amide bonds. The quantitative estimate of drug-likeness (QED) is 0.925. The third-order valence-corrected chi connectivity index (χ3v) is 5.39. The zero-order valence-electron chi connectivity index (χ0n) is 14.0. The predicted molar refractivity (Wildman–Crippen MR) is 89.2 cm³/mol. The third-order valence-electron chi connectivity index (χ3n) is 5.39. The molecular weight excluding hydrogens is 330 g/mol. The van der Waals surface area contributed by atoms with E-state index in [1.807, 2.05) is 13.0 Å². The Kier molecular flexibility index (Phi) is 3.61. The number of nitrogens with one attached hydrogen (secondary N) is 1. The van der Waals surface area contributed by atoms with Crippen molar-refractivity contribution in [1.29, 1.82) is 0 Å². The Labute approximate surface area is 142 Å². The van der Waals surface area contributed by atoms with Gasteiger partial charge in [-0.05, 0) is 30.5 Å². The molecule has 1 unspecified atom stereocenters. The van der Waals surface area contributed by atoms with Gasteiger partial charge in [-0.15, -0.1) is 0 Å². The number of halogens is 2. The van der Waals surface area contributed by atoms with Gasteiger partial charge in [0.25, 0.3) is 5.56 Å². The molecule has 7 heteroatoms. The molecule has 134 valence electrons. The monoisotopic (exact) mass is 350 g/mol. The zero-order valence-corrected chi connectivity index (χ0v) is 14.0. The SMILES string of the molecule is CCc1ccc2[nH]c(=O)n(CC3CC4(CO3)CC(F)(F)C4)c(=O)c2c1. The number of nitrogens with zero attached hydrogens (tertiary/aromatic N) is 1. The van der Waals surface area contributed by atoms with Crippen LogP contribution >= 0.6 is 0 Å². The Morgan fingerprint density at radius 2 is 2.08 bits per heavy atom. The van der Waals surface area contributed by atoms with E-state index in [2.05, 4.69) is 4.98 Å². The van der Waals surface area contributed by atoms with Crippen LogP contribution in [0.3, 0.4) is 0 Å². The minimum atomic E-state index is -2.61. The van der Waals surface area contributed by atoms with E-state index in [9.17, 15) is 18.4 Å². The van der Waals surface area contributed by atoms with Crippen molar-refractivity contribution in [3.05, 3.63) is 44.6 Å². The number of ether oxygens (including phenoxy) is 1. The molecule has 0 radical (unpaired) electrons. The standard InChI is InChI=1S/C18H20F2N2O3/c1-2-11-3-4-14-13(5-11)15(23)22(16(24)21-14)7-12-6-17(10-25-12)8-18(19,20)9-17/h3-5,12H,2,6-10H2,1H3,(H,21,24). The molecule has 1 N–H and O–H groups in total. The average molecular weight is 350 g/mol. The topological polar surface area (TPSA) is 64.1 Å². The van der Waals surface area contributed by atoms with Crippen LogP contribution in [0.1, 0.15) is 31.7 Å². The Morgan fingerprint density at radius 1 is 1.32 bits per heavy atom. The molecule has 1 aliphatic carbocycles. The lowest BCUT2D eigenvalue weighted by Crippen LogP contribution is -2.46. The fraction of sp³-hybridized carbons (Fsp3) is 0.556. The number of aromatic nitrogens is 2. The molecule has 1 saturated carbocycles. The Hall–Kier alpha value is -2.02. The van der Waals surface area contributed by atoms with Gasteiger partial charge in [-0.25, -0.2) is 13.6 Å². The van der Waals surface area contributed by atoms with E-state index in [1.54, 1.807) is 12.1 Å². The molecule has 0 bridgehead atoms. The number of fused-ring (bicyclic) bond motifs is 1. The van der Waals surface area contributed by atoms with E-state index in [-0.39, 0.29) is 37.7 Å². The number of hydrogen-bond donors (Lipinski definition) is 1. The predicted octanol–water partition coefficient (Wildman–Crippen LogP) is 2.46. The van der Waals surface area contributed by atoms with Gasteiger partial charge in [0.05, 0.1) is 30.2 Å². The second kappa shape index (κ2) is 5.49. The van der Waals surface area contributed by atoms with Crippen molar-refractivity contribution in [2.45, 2.75) is 51.2 Å². The van der Waals surface area contributed by atoms with Crippen molar-refractivity contribution in [3.63, 3.8) is 0 Å². The van der Waals surface area contributed by atoms with Gasteiger partial charge in [0.1, 0.15) is 0 Å². The number of H-pyrrole nitrogens is 1. The lowest BCUT2D eigenvalue weighted by Gasteiger charge is -2.43. The first kappa shape index (κ1) is 16.4. The summed E-state index contributed by atoms with van der Waals surface area (Å²) < 4.78 is 33.2. The fourth-order valence-corrected chi connectivity index (χ4v) is 4.19. The molecule has 1 aromatic carbocycles. The van der Waals surface area contributed by atoms with Crippen molar-refractivity contribution in [1.82, 2.24) is 9.55 Å². The summed E-state index contributed by atoms with van der Waals surface area (Å²) >= 11 is 0. The number of alkyl halides is 2. The van der Waals surface area contributed by atoms with Gasteiger partial charge < -0.3 is 9.72 Å². The van der Waals surface area contributed by atoms with Gasteiger partial charge in [-0.3, -0.25) is 9.36 Å². The van der Waals surface area contributed by atoms with Crippen LogP contribution in [-0.2, 0) is 17.7 Å². The van der Waals surface area contributed by atoms with Gasteiger partial charge in [-0.1, -0.05) is 13.0 Å². The maximum Gasteiger partial charge on any atom is 0.328 e. The number of aromatic amines is 1. The summed E-state index contributed by atoms with van der Waals surface area (Å²) in [7, 11) is 0. The molecule has 4 rings (SSSR count). The van der Waals surface area contributed by atoms with Crippen molar-refractivity contribution >= 4 is 10.9 Å². The molecule has 2 aliphatic rings. The van der Waals surface area contributed by atoms with E-state index < -0.39 is 17.0 Å². The Balaban J connectivity index is 1.62. The highest BCUT2D eigenvalue weighted by molar-refractivity contribution is 5.78. The minimum absolute atomic E-state index is 0.0911. The van der Waals surface area contributed by atoms with E-state index >= 15 is 0 Å². The first-order valence-corrected chi connectivity index (χ1v) is 8.56. The van der Waals surface area contributed by atoms with Gasteiger partial charge in [0, 0.05) is 18.3 Å². The molecule has 1 aliphatic heterocycles.